The lowest BCUT2D eigenvalue weighted by Crippen LogP contribution is -2.47. The van der Waals surface area contributed by atoms with Crippen LogP contribution >= 0.6 is 0 Å². The minimum Gasteiger partial charge on any atom is -0.481 e. The molecule has 0 aromatic carbocycles. The summed E-state index contributed by atoms with van der Waals surface area (Å²) in [5, 5.41) is 13.9. The summed E-state index contributed by atoms with van der Waals surface area (Å²) in [5.74, 6) is -1.75. The van der Waals surface area contributed by atoms with Crippen LogP contribution < -0.4 is 10.6 Å². The van der Waals surface area contributed by atoms with Gasteiger partial charge in [-0.25, -0.2) is 9.59 Å². The molecular formula is C11H18N2O5. The molecule has 102 valence electrons. The number of hydrogen-bond donors (Lipinski definition) is 3. The maximum Gasteiger partial charge on any atom is 0.328 e. The van der Waals surface area contributed by atoms with Crippen molar-refractivity contribution < 1.29 is 24.2 Å². The number of ether oxygens (including phenoxy) is 1. The van der Waals surface area contributed by atoms with E-state index in [4.69, 9.17) is 5.11 Å². The van der Waals surface area contributed by atoms with Crippen LogP contribution in [0.15, 0.2) is 0 Å². The maximum atomic E-state index is 11.5. The summed E-state index contributed by atoms with van der Waals surface area (Å²) in [6.45, 7) is 1.51. The van der Waals surface area contributed by atoms with Crippen LogP contribution in [0.1, 0.15) is 26.2 Å². The number of carbonyl (C=O) groups is 3. The minimum atomic E-state index is -0.831. The van der Waals surface area contributed by atoms with Crippen LogP contribution in [0.2, 0.25) is 0 Å². The number of carboxylic acids is 1. The largest absolute Gasteiger partial charge is 0.481 e. The summed E-state index contributed by atoms with van der Waals surface area (Å²) in [7, 11) is 1.24. The molecule has 0 spiro atoms. The lowest BCUT2D eigenvalue weighted by Gasteiger charge is -2.16. The van der Waals surface area contributed by atoms with Crippen molar-refractivity contribution in [2.24, 2.45) is 5.92 Å². The summed E-state index contributed by atoms with van der Waals surface area (Å²) >= 11 is 0. The van der Waals surface area contributed by atoms with Gasteiger partial charge >= 0.3 is 18.0 Å². The van der Waals surface area contributed by atoms with Gasteiger partial charge in [0.15, 0.2) is 0 Å². The van der Waals surface area contributed by atoms with Crippen LogP contribution in [0.3, 0.4) is 0 Å². The lowest BCUT2D eigenvalue weighted by molar-refractivity contribution is -0.142. The van der Waals surface area contributed by atoms with Gasteiger partial charge in [0.2, 0.25) is 0 Å². The molecule has 0 heterocycles. The van der Waals surface area contributed by atoms with Crippen LogP contribution in [-0.2, 0) is 14.3 Å². The zero-order chi connectivity index (χ0) is 13.7. The molecule has 7 heteroatoms. The van der Waals surface area contributed by atoms with E-state index in [0.717, 1.165) is 0 Å². The van der Waals surface area contributed by atoms with Gasteiger partial charge in [0.05, 0.1) is 13.0 Å². The van der Waals surface area contributed by atoms with E-state index in [1.807, 2.05) is 0 Å². The fourth-order valence-corrected chi connectivity index (χ4v) is 2.00. The highest BCUT2D eigenvalue weighted by Crippen LogP contribution is 2.25. The van der Waals surface area contributed by atoms with Gasteiger partial charge < -0.3 is 20.5 Å². The molecule has 1 fully saturated rings. The van der Waals surface area contributed by atoms with Gasteiger partial charge in [-0.1, -0.05) is 0 Å². The Morgan fingerprint density at radius 3 is 2.50 bits per heavy atom. The standard InChI is InChI=1S/C11H18N2O5/c1-6(10(16)18-2)12-11(17)13-8-4-3-7(5-8)9(14)15/h6-8H,3-5H2,1-2H3,(H,14,15)(H2,12,13,17). The number of carboxylic acid groups (broad SMARTS) is 1. The minimum absolute atomic E-state index is 0.157. The molecule has 1 saturated carbocycles. The number of esters is 1. The van der Waals surface area contributed by atoms with Crippen LogP contribution in [0, 0.1) is 5.92 Å². The molecule has 0 aromatic heterocycles. The first-order chi connectivity index (χ1) is 8.43. The third-order valence-electron chi connectivity index (χ3n) is 3.02. The molecular weight excluding hydrogens is 240 g/mol. The number of hydrogen-bond acceptors (Lipinski definition) is 4. The highest BCUT2D eigenvalue weighted by atomic mass is 16.5. The monoisotopic (exact) mass is 258 g/mol. The van der Waals surface area contributed by atoms with Crippen molar-refractivity contribution in [1.82, 2.24) is 10.6 Å². The first-order valence-electron chi connectivity index (χ1n) is 5.81. The average molecular weight is 258 g/mol. The SMILES string of the molecule is COC(=O)C(C)NC(=O)NC1CCC(C(=O)O)C1. The van der Waals surface area contributed by atoms with Gasteiger partial charge in [-0.2, -0.15) is 0 Å². The normalized spacial score (nSPS) is 24.1. The first-order valence-corrected chi connectivity index (χ1v) is 5.81. The van der Waals surface area contributed by atoms with E-state index in [2.05, 4.69) is 15.4 Å². The zero-order valence-corrected chi connectivity index (χ0v) is 10.4. The number of amides is 2. The highest BCUT2D eigenvalue weighted by molar-refractivity contribution is 5.83. The summed E-state index contributed by atoms with van der Waals surface area (Å²) in [4.78, 5) is 33.4. The Hall–Kier alpha value is -1.79. The molecule has 18 heavy (non-hydrogen) atoms. The fraction of sp³-hybridized carbons (Fsp3) is 0.727. The van der Waals surface area contributed by atoms with E-state index in [0.29, 0.717) is 19.3 Å². The van der Waals surface area contributed by atoms with Crippen molar-refractivity contribution in [3.63, 3.8) is 0 Å². The highest BCUT2D eigenvalue weighted by Gasteiger charge is 2.30. The zero-order valence-electron chi connectivity index (χ0n) is 10.4. The van der Waals surface area contributed by atoms with Crippen molar-refractivity contribution in [2.45, 2.75) is 38.3 Å². The second kappa shape index (κ2) is 6.23. The molecule has 3 unspecified atom stereocenters. The molecule has 0 radical (unpaired) electrons. The Kier molecular flexibility index (Phi) is 4.94. The summed E-state index contributed by atoms with van der Waals surface area (Å²) in [5.41, 5.74) is 0. The van der Waals surface area contributed by atoms with E-state index in [-0.39, 0.29) is 6.04 Å². The molecule has 0 aliphatic heterocycles. The van der Waals surface area contributed by atoms with Crippen molar-refractivity contribution >= 4 is 18.0 Å². The van der Waals surface area contributed by atoms with E-state index in [9.17, 15) is 14.4 Å². The predicted octanol–water partition coefficient (Wildman–Crippen LogP) is 0.100. The molecule has 3 atom stereocenters. The Bertz CT molecular complexity index is 344. The first kappa shape index (κ1) is 14.3. The van der Waals surface area contributed by atoms with Crippen LogP contribution in [0.25, 0.3) is 0 Å². The summed E-state index contributed by atoms with van der Waals surface area (Å²) in [6.07, 6.45) is 1.62. The second-order valence-corrected chi connectivity index (χ2v) is 4.41. The van der Waals surface area contributed by atoms with E-state index >= 15 is 0 Å². The van der Waals surface area contributed by atoms with Gasteiger partial charge in [0.1, 0.15) is 6.04 Å². The topological polar surface area (TPSA) is 105 Å². The van der Waals surface area contributed by atoms with Gasteiger partial charge in [-0.15, -0.1) is 0 Å². The molecule has 0 saturated heterocycles. The van der Waals surface area contributed by atoms with E-state index in [1.54, 1.807) is 0 Å². The number of aliphatic carboxylic acids is 1. The predicted molar refractivity (Wildman–Crippen MR) is 61.9 cm³/mol. The number of urea groups is 1. The Morgan fingerprint density at radius 1 is 1.33 bits per heavy atom. The van der Waals surface area contributed by atoms with Gasteiger partial charge in [-0.05, 0) is 26.2 Å². The number of carbonyl (C=O) groups excluding carboxylic acids is 2. The Labute approximate surface area is 105 Å². The Morgan fingerprint density at radius 2 is 2.00 bits per heavy atom. The average Bonchev–Trinajstić information content (AvgIpc) is 2.76. The van der Waals surface area contributed by atoms with Gasteiger partial charge in [0.25, 0.3) is 0 Å². The van der Waals surface area contributed by atoms with Crippen molar-refractivity contribution in [2.75, 3.05) is 7.11 Å². The van der Waals surface area contributed by atoms with Crippen molar-refractivity contribution in [1.29, 1.82) is 0 Å². The summed E-state index contributed by atoms with van der Waals surface area (Å²) in [6, 6.07) is -1.37. The van der Waals surface area contributed by atoms with Crippen LogP contribution in [-0.4, -0.2) is 42.3 Å². The quantitative estimate of drug-likeness (QED) is 0.620. The van der Waals surface area contributed by atoms with Crippen LogP contribution in [0.5, 0.6) is 0 Å². The third kappa shape index (κ3) is 3.90. The van der Waals surface area contributed by atoms with E-state index < -0.39 is 29.9 Å². The molecule has 2 amide bonds. The number of nitrogens with one attached hydrogen (secondary N) is 2. The third-order valence-corrected chi connectivity index (χ3v) is 3.02. The molecule has 0 bridgehead atoms. The van der Waals surface area contributed by atoms with E-state index in [1.165, 1.54) is 14.0 Å². The number of rotatable bonds is 4. The Balaban J connectivity index is 2.33. The van der Waals surface area contributed by atoms with Crippen molar-refractivity contribution in [3.05, 3.63) is 0 Å². The lowest BCUT2D eigenvalue weighted by atomic mass is 10.1. The molecule has 1 aliphatic carbocycles. The molecule has 1 aliphatic rings. The summed E-state index contributed by atoms with van der Waals surface area (Å²) < 4.78 is 4.47. The molecule has 0 aromatic rings. The maximum absolute atomic E-state index is 11.5. The molecule has 1 rings (SSSR count). The second-order valence-electron chi connectivity index (χ2n) is 4.41. The molecule has 7 nitrogen and oxygen atoms in total. The van der Waals surface area contributed by atoms with Gasteiger partial charge in [-0.3, -0.25) is 4.79 Å². The fourth-order valence-electron chi connectivity index (χ4n) is 2.00. The van der Waals surface area contributed by atoms with Crippen molar-refractivity contribution in [3.8, 4) is 0 Å². The van der Waals surface area contributed by atoms with Gasteiger partial charge in [0, 0.05) is 6.04 Å². The number of methoxy groups -OCH3 is 1. The smallest absolute Gasteiger partial charge is 0.328 e. The van der Waals surface area contributed by atoms with Crippen LogP contribution in [0.4, 0.5) is 4.79 Å². The molecule has 3 N–H and O–H groups in total.